The van der Waals surface area contributed by atoms with Crippen molar-refractivity contribution in [3.05, 3.63) is 64.2 Å². The first kappa shape index (κ1) is 12.4. The number of nitrogens with zero attached hydrogens (tertiary/aromatic N) is 1. The number of hydrogen-bond donors (Lipinski definition) is 1. The lowest BCUT2D eigenvalue weighted by molar-refractivity contribution is -0.384. The Morgan fingerprint density at radius 2 is 1.89 bits per heavy atom. The summed E-state index contributed by atoms with van der Waals surface area (Å²) in [6.45, 7) is 0. The van der Waals surface area contributed by atoms with Crippen molar-refractivity contribution in [3.63, 3.8) is 0 Å². The maximum Gasteiger partial charge on any atom is 0.269 e. The Bertz CT molecular complexity index is 554. The molecule has 0 aliphatic heterocycles. The number of phenols is 1. The molecule has 0 spiro atoms. The van der Waals surface area contributed by atoms with Gasteiger partial charge in [0.05, 0.1) is 4.92 Å². The van der Waals surface area contributed by atoms with E-state index in [0.29, 0.717) is 5.75 Å². The van der Waals surface area contributed by atoms with Crippen LogP contribution in [0.2, 0.25) is 0 Å². The SMILES string of the molecule is O=[N+]([O-])c1ccc(CSc2cccc(O)c2)cc1. The molecule has 0 radical (unpaired) electrons. The van der Waals surface area contributed by atoms with Gasteiger partial charge in [0, 0.05) is 22.8 Å². The highest BCUT2D eigenvalue weighted by Gasteiger charge is 2.04. The molecule has 0 bridgehead atoms. The van der Waals surface area contributed by atoms with Gasteiger partial charge in [-0.05, 0) is 23.8 Å². The molecule has 4 nitrogen and oxygen atoms in total. The van der Waals surface area contributed by atoms with Gasteiger partial charge >= 0.3 is 0 Å². The summed E-state index contributed by atoms with van der Waals surface area (Å²) >= 11 is 1.57. The minimum atomic E-state index is -0.411. The number of aromatic hydroxyl groups is 1. The zero-order valence-corrected chi connectivity index (χ0v) is 10.3. The van der Waals surface area contributed by atoms with Gasteiger partial charge in [0.25, 0.3) is 5.69 Å². The fourth-order valence-electron chi connectivity index (χ4n) is 1.45. The lowest BCUT2D eigenvalue weighted by Gasteiger charge is -2.02. The van der Waals surface area contributed by atoms with Gasteiger partial charge in [0.2, 0.25) is 0 Å². The molecule has 5 heteroatoms. The Morgan fingerprint density at radius 3 is 2.50 bits per heavy atom. The van der Waals surface area contributed by atoms with Crippen LogP contribution in [0, 0.1) is 10.1 Å². The Hall–Kier alpha value is -2.01. The summed E-state index contributed by atoms with van der Waals surface area (Å²) < 4.78 is 0. The molecular weight excluding hydrogens is 250 g/mol. The van der Waals surface area contributed by atoms with Crippen molar-refractivity contribution in [2.45, 2.75) is 10.6 Å². The van der Waals surface area contributed by atoms with Gasteiger partial charge in [-0.15, -0.1) is 11.8 Å². The van der Waals surface area contributed by atoms with E-state index in [-0.39, 0.29) is 11.4 Å². The van der Waals surface area contributed by atoms with Crippen LogP contribution in [0.1, 0.15) is 5.56 Å². The summed E-state index contributed by atoms with van der Waals surface area (Å²) in [6, 6.07) is 13.5. The van der Waals surface area contributed by atoms with Crippen LogP contribution in [0.5, 0.6) is 5.75 Å². The Kier molecular flexibility index (Phi) is 3.84. The number of nitro groups is 1. The molecule has 0 saturated heterocycles. The van der Waals surface area contributed by atoms with Gasteiger partial charge < -0.3 is 5.11 Å². The van der Waals surface area contributed by atoms with Gasteiger partial charge in [0.1, 0.15) is 5.75 Å². The van der Waals surface area contributed by atoms with E-state index in [1.807, 2.05) is 6.07 Å². The summed E-state index contributed by atoms with van der Waals surface area (Å²) in [4.78, 5) is 11.1. The van der Waals surface area contributed by atoms with E-state index < -0.39 is 4.92 Å². The van der Waals surface area contributed by atoms with E-state index in [0.717, 1.165) is 10.5 Å². The van der Waals surface area contributed by atoms with E-state index >= 15 is 0 Å². The van der Waals surface area contributed by atoms with Crippen molar-refractivity contribution in [1.82, 2.24) is 0 Å². The van der Waals surface area contributed by atoms with Crippen molar-refractivity contribution >= 4 is 17.4 Å². The van der Waals surface area contributed by atoms with Crippen molar-refractivity contribution < 1.29 is 10.0 Å². The smallest absolute Gasteiger partial charge is 0.269 e. The van der Waals surface area contributed by atoms with E-state index in [1.165, 1.54) is 12.1 Å². The van der Waals surface area contributed by atoms with Crippen molar-refractivity contribution in [3.8, 4) is 5.75 Å². The average molecular weight is 261 g/mol. The third kappa shape index (κ3) is 3.24. The Morgan fingerprint density at radius 1 is 1.17 bits per heavy atom. The molecule has 0 saturated carbocycles. The number of benzene rings is 2. The molecule has 0 heterocycles. The van der Waals surface area contributed by atoms with Gasteiger partial charge in [-0.3, -0.25) is 10.1 Å². The molecule has 0 aliphatic rings. The van der Waals surface area contributed by atoms with Gasteiger partial charge in [-0.1, -0.05) is 18.2 Å². The normalized spacial score (nSPS) is 10.2. The quantitative estimate of drug-likeness (QED) is 0.519. The van der Waals surface area contributed by atoms with Crippen LogP contribution in [0.4, 0.5) is 5.69 Å². The van der Waals surface area contributed by atoms with Crippen molar-refractivity contribution in [1.29, 1.82) is 0 Å². The van der Waals surface area contributed by atoms with Gasteiger partial charge in [0.15, 0.2) is 0 Å². The first-order valence-electron chi connectivity index (χ1n) is 5.30. The molecule has 1 N–H and O–H groups in total. The Labute approximate surface area is 108 Å². The van der Waals surface area contributed by atoms with Crippen LogP contribution in [-0.2, 0) is 5.75 Å². The van der Waals surface area contributed by atoms with Crippen LogP contribution >= 0.6 is 11.8 Å². The zero-order chi connectivity index (χ0) is 13.0. The molecule has 92 valence electrons. The zero-order valence-electron chi connectivity index (χ0n) is 9.45. The summed E-state index contributed by atoms with van der Waals surface area (Å²) in [5.74, 6) is 0.949. The number of rotatable bonds is 4. The molecule has 2 aromatic rings. The Balaban J connectivity index is 2.00. The van der Waals surface area contributed by atoms with E-state index in [2.05, 4.69) is 0 Å². The standard InChI is InChI=1S/C13H11NO3S/c15-12-2-1-3-13(8-12)18-9-10-4-6-11(7-5-10)14(16)17/h1-8,15H,9H2. The van der Waals surface area contributed by atoms with Crippen LogP contribution in [0.3, 0.4) is 0 Å². The maximum atomic E-state index is 10.5. The highest BCUT2D eigenvalue weighted by atomic mass is 32.2. The van der Waals surface area contributed by atoms with Crippen LogP contribution < -0.4 is 0 Å². The third-order valence-electron chi connectivity index (χ3n) is 2.37. The van der Waals surface area contributed by atoms with Crippen molar-refractivity contribution in [2.75, 3.05) is 0 Å². The molecule has 0 aromatic heterocycles. The summed E-state index contributed by atoms with van der Waals surface area (Å²) in [6.07, 6.45) is 0. The highest BCUT2D eigenvalue weighted by Crippen LogP contribution is 2.26. The van der Waals surface area contributed by atoms with Crippen LogP contribution in [-0.4, -0.2) is 10.0 Å². The fourth-order valence-corrected chi connectivity index (χ4v) is 2.36. The van der Waals surface area contributed by atoms with Gasteiger partial charge in [-0.2, -0.15) is 0 Å². The molecule has 0 fully saturated rings. The average Bonchev–Trinajstić information content (AvgIpc) is 2.37. The number of hydrogen-bond acceptors (Lipinski definition) is 4. The minimum absolute atomic E-state index is 0.0982. The molecule has 0 amide bonds. The van der Waals surface area contributed by atoms with Gasteiger partial charge in [-0.25, -0.2) is 0 Å². The number of nitro benzene ring substituents is 1. The molecular formula is C13H11NO3S. The molecule has 2 aromatic carbocycles. The summed E-state index contributed by atoms with van der Waals surface area (Å²) in [7, 11) is 0. The molecule has 18 heavy (non-hydrogen) atoms. The van der Waals surface area contributed by atoms with Crippen molar-refractivity contribution in [2.24, 2.45) is 0 Å². The highest BCUT2D eigenvalue weighted by molar-refractivity contribution is 7.98. The number of non-ortho nitro benzene ring substituents is 1. The number of phenolic OH excluding ortho intramolecular Hbond substituents is 1. The minimum Gasteiger partial charge on any atom is -0.508 e. The second-order valence-corrected chi connectivity index (χ2v) is 4.76. The second-order valence-electron chi connectivity index (χ2n) is 3.71. The maximum absolute atomic E-state index is 10.5. The second kappa shape index (κ2) is 5.55. The van der Waals surface area contributed by atoms with E-state index in [9.17, 15) is 15.2 Å². The fraction of sp³-hybridized carbons (Fsp3) is 0.0769. The predicted molar refractivity (Wildman–Crippen MR) is 70.8 cm³/mol. The van der Waals surface area contributed by atoms with Crippen LogP contribution in [0.15, 0.2) is 53.4 Å². The topological polar surface area (TPSA) is 63.4 Å². The van der Waals surface area contributed by atoms with E-state index in [4.69, 9.17) is 0 Å². The summed E-state index contributed by atoms with van der Waals surface area (Å²) in [5.41, 5.74) is 1.11. The van der Waals surface area contributed by atoms with E-state index in [1.54, 1.807) is 42.1 Å². The molecule has 0 unspecified atom stereocenters. The summed E-state index contributed by atoms with van der Waals surface area (Å²) in [5, 5.41) is 19.8. The van der Waals surface area contributed by atoms with Crippen LogP contribution in [0.25, 0.3) is 0 Å². The molecule has 2 rings (SSSR count). The lowest BCUT2D eigenvalue weighted by Crippen LogP contribution is -1.88. The molecule has 0 atom stereocenters. The third-order valence-corrected chi connectivity index (χ3v) is 3.44. The first-order chi connectivity index (χ1) is 8.65. The monoisotopic (exact) mass is 261 g/mol. The molecule has 0 aliphatic carbocycles. The number of thioether (sulfide) groups is 1. The largest absolute Gasteiger partial charge is 0.508 e. The predicted octanol–water partition coefficient (Wildman–Crippen LogP) is 3.59. The lowest BCUT2D eigenvalue weighted by atomic mass is 10.2. The first-order valence-corrected chi connectivity index (χ1v) is 6.29.